The summed E-state index contributed by atoms with van der Waals surface area (Å²) in [6.07, 6.45) is 4.89. The first kappa shape index (κ1) is 42.4. The predicted octanol–water partition coefficient (Wildman–Crippen LogP) is 0.946. The van der Waals surface area contributed by atoms with E-state index in [2.05, 4.69) is 35.2 Å². The minimum absolute atomic E-state index is 0.129. The Hall–Kier alpha value is -4.05. The third-order valence-electron chi connectivity index (χ3n) is 9.04. The molecule has 0 aliphatic carbocycles. The molecule has 14 heteroatoms. The fourth-order valence-corrected chi connectivity index (χ4v) is 5.83. The van der Waals surface area contributed by atoms with Crippen LogP contribution in [-0.4, -0.2) is 146 Å². The van der Waals surface area contributed by atoms with Crippen LogP contribution >= 0.6 is 0 Å². The Morgan fingerprint density at radius 3 is 1.83 bits per heavy atom. The molecule has 3 rings (SSSR count). The molecule has 1 saturated heterocycles. The molecular formula is C38H57N7O7. The van der Waals surface area contributed by atoms with E-state index in [0.717, 1.165) is 48.5 Å². The van der Waals surface area contributed by atoms with Crippen molar-refractivity contribution in [3.63, 3.8) is 0 Å². The van der Waals surface area contributed by atoms with Gasteiger partial charge in [0.25, 0.3) is 5.91 Å². The molecule has 1 aliphatic rings. The number of aldehydes is 2. The average Bonchev–Trinajstić information content (AvgIpc) is 3.14. The van der Waals surface area contributed by atoms with Crippen LogP contribution in [0.15, 0.2) is 54.6 Å². The van der Waals surface area contributed by atoms with E-state index in [1.54, 1.807) is 0 Å². The van der Waals surface area contributed by atoms with E-state index in [1.165, 1.54) is 0 Å². The molecule has 1 heterocycles. The summed E-state index contributed by atoms with van der Waals surface area (Å²) in [5.41, 5.74) is 5.68. The zero-order valence-corrected chi connectivity index (χ0v) is 30.5. The fourth-order valence-electron chi connectivity index (χ4n) is 5.83. The van der Waals surface area contributed by atoms with E-state index in [0.29, 0.717) is 78.5 Å². The van der Waals surface area contributed by atoms with E-state index in [1.807, 2.05) is 62.1 Å². The Labute approximate surface area is 307 Å². The van der Waals surface area contributed by atoms with Gasteiger partial charge < -0.3 is 25.3 Å². The highest BCUT2D eigenvalue weighted by Crippen LogP contribution is 2.09. The summed E-state index contributed by atoms with van der Waals surface area (Å²) < 4.78 is 0. The van der Waals surface area contributed by atoms with E-state index in [9.17, 15) is 29.1 Å². The normalized spacial score (nSPS) is 16.2. The number of hydrogen-bond donors (Lipinski definition) is 4. The van der Waals surface area contributed by atoms with Crippen LogP contribution in [0.5, 0.6) is 0 Å². The smallest absolute Gasteiger partial charge is 0.317 e. The molecule has 14 nitrogen and oxygen atoms in total. The lowest BCUT2D eigenvalue weighted by Gasteiger charge is -2.32. The van der Waals surface area contributed by atoms with Gasteiger partial charge in [-0.25, -0.2) is 5.48 Å². The number of unbranched alkanes of at least 4 members (excludes halogenated alkanes) is 1. The van der Waals surface area contributed by atoms with Gasteiger partial charge in [0.05, 0.1) is 38.8 Å². The lowest BCUT2D eigenvalue weighted by molar-refractivity contribution is -0.138. The number of carboxylic acid groups (broad SMARTS) is 1. The molecule has 0 unspecified atom stereocenters. The molecule has 2 aromatic rings. The van der Waals surface area contributed by atoms with Crippen molar-refractivity contribution in [3.8, 4) is 0 Å². The van der Waals surface area contributed by atoms with Crippen LogP contribution in [0.2, 0.25) is 0 Å². The molecule has 0 bridgehead atoms. The number of nitrogens with one attached hydrogen (secondary N) is 3. The third kappa shape index (κ3) is 17.4. The zero-order chi connectivity index (χ0) is 37.4. The van der Waals surface area contributed by atoms with Crippen molar-refractivity contribution in [1.82, 2.24) is 35.7 Å². The Bertz CT molecular complexity index is 1350. The minimum Gasteiger partial charge on any atom is -0.480 e. The number of amides is 2. The first-order valence-corrected chi connectivity index (χ1v) is 18.3. The molecule has 2 aromatic carbocycles. The van der Waals surface area contributed by atoms with E-state index in [-0.39, 0.29) is 38.0 Å². The van der Waals surface area contributed by atoms with Crippen LogP contribution in [0.4, 0.5) is 0 Å². The molecule has 0 spiro atoms. The fraction of sp³-hybridized carbons (Fsp3) is 0.553. The molecule has 286 valence electrons. The van der Waals surface area contributed by atoms with Crippen molar-refractivity contribution < 1.29 is 33.9 Å². The molecule has 0 aromatic heterocycles. The summed E-state index contributed by atoms with van der Waals surface area (Å²) in [6, 6.07) is 17.5. The first-order valence-electron chi connectivity index (χ1n) is 18.3. The number of benzene rings is 2. The van der Waals surface area contributed by atoms with Gasteiger partial charge in [-0.2, -0.15) is 0 Å². The van der Waals surface area contributed by atoms with Gasteiger partial charge in [-0.1, -0.05) is 67.9 Å². The predicted molar refractivity (Wildman–Crippen MR) is 198 cm³/mol. The lowest BCUT2D eigenvalue weighted by atomic mass is 10.0. The van der Waals surface area contributed by atoms with Gasteiger partial charge in [-0.15, -0.1) is 0 Å². The molecule has 4 N–H and O–H groups in total. The van der Waals surface area contributed by atoms with Crippen LogP contribution in [0.3, 0.4) is 0 Å². The van der Waals surface area contributed by atoms with Gasteiger partial charge in [0.1, 0.15) is 12.6 Å². The van der Waals surface area contributed by atoms with Gasteiger partial charge in [-0.3, -0.25) is 38.8 Å². The van der Waals surface area contributed by atoms with E-state index >= 15 is 0 Å². The second kappa shape index (κ2) is 25.0. The maximum atomic E-state index is 13.1. The Morgan fingerprint density at radius 1 is 0.750 bits per heavy atom. The second-order valence-electron chi connectivity index (χ2n) is 13.1. The van der Waals surface area contributed by atoms with Crippen molar-refractivity contribution in [3.05, 3.63) is 71.3 Å². The molecule has 1 aliphatic heterocycles. The maximum absolute atomic E-state index is 13.1. The summed E-state index contributed by atoms with van der Waals surface area (Å²) in [7, 11) is 0. The summed E-state index contributed by atoms with van der Waals surface area (Å²) in [5, 5.41) is 15.8. The van der Waals surface area contributed by atoms with Gasteiger partial charge in [0.15, 0.2) is 0 Å². The molecule has 1 atom stereocenters. The molecule has 2 amide bonds. The van der Waals surface area contributed by atoms with Gasteiger partial charge in [0, 0.05) is 65.4 Å². The number of hydrogen-bond acceptors (Lipinski definition) is 11. The first-order chi connectivity index (χ1) is 25.3. The Balaban J connectivity index is 1.53. The number of carboxylic acids is 1. The lowest BCUT2D eigenvalue weighted by Crippen LogP contribution is -2.49. The highest BCUT2D eigenvalue weighted by molar-refractivity contribution is 5.80. The number of hydroxylamine groups is 1. The Morgan fingerprint density at radius 2 is 1.29 bits per heavy atom. The summed E-state index contributed by atoms with van der Waals surface area (Å²) >= 11 is 0. The zero-order valence-electron chi connectivity index (χ0n) is 30.5. The monoisotopic (exact) mass is 723 g/mol. The maximum Gasteiger partial charge on any atom is 0.317 e. The number of aliphatic carboxylic acids is 1. The SMILES string of the molecule is CCCCONC(=O)[C@@H](CCc1ccccc1)NCc1ccc(CNC(=O)CN2CCN(CC=O)CCN(CC=O)CCN(CC(=O)O)CC2)cc1. The van der Waals surface area contributed by atoms with Crippen molar-refractivity contribution in [2.24, 2.45) is 0 Å². The van der Waals surface area contributed by atoms with Gasteiger partial charge >= 0.3 is 5.97 Å². The number of nitrogens with zero attached hydrogens (tertiary/aromatic N) is 4. The number of carbonyl (C=O) groups is 5. The molecule has 0 saturated carbocycles. The Kier molecular flexibility index (Phi) is 20.4. The van der Waals surface area contributed by atoms with Crippen LogP contribution in [-0.2, 0) is 48.3 Å². The van der Waals surface area contributed by atoms with Crippen molar-refractivity contribution in [2.75, 3.05) is 85.1 Å². The molecule has 52 heavy (non-hydrogen) atoms. The summed E-state index contributed by atoms with van der Waals surface area (Å²) in [5.74, 6) is -1.29. The van der Waals surface area contributed by atoms with Crippen LogP contribution in [0.1, 0.15) is 42.9 Å². The quantitative estimate of drug-likeness (QED) is 0.0821. The van der Waals surface area contributed by atoms with Crippen LogP contribution < -0.4 is 16.1 Å². The van der Waals surface area contributed by atoms with Gasteiger partial charge in [0.2, 0.25) is 5.91 Å². The average molecular weight is 724 g/mol. The summed E-state index contributed by atoms with van der Waals surface area (Å²) in [4.78, 5) is 73.3. The molecule has 0 radical (unpaired) electrons. The largest absolute Gasteiger partial charge is 0.480 e. The van der Waals surface area contributed by atoms with Crippen molar-refractivity contribution >= 4 is 30.4 Å². The standard InChI is InChI=1S/C38H57N7O7/c1-2-3-27-52-41-38(51)35(14-13-32-7-5-4-6-8-32)39-28-33-9-11-34(12-10-33)29-40-36(48)30-44-19-17-42(23-25-46)15-16-43(24-26-47)18-20-45(22-21-44)31-37(49)50/h4-12,25-26,35,39H,2-3,13-24,27-31H2,1H3,(H,40,48)(H,41,51)(H,49,50)/t35-/m1/s1. The number of rotatable bonds is 21. The number of aryl methyl sites for hydroxylation is 1. The van der Waals surface area contributed by atoms with E-state index in [4.69, 9.17) is 4.84 Å². The molecular weight excluding hydrogens is 666 g/mol. The minimum atomic E-state index is -0.932. The third-order valence-corrected chi connectivity index (χ3v) is 9.04. The topological polar surface area (TPSA) is 164 Å². The second-order valence-corrected chi connectivity index (χ2v) is 13.1. The van der Waals surface area contributed by atoms with Crippen molar-refractivity contribution in [1.29, 1.82) is 0 Å². The molecule has 1 fully saturated rings. The highest BCUT2D eigenvalue weighted by Gasteiger charge is 2.20. The number of carbonyl (C=O) groups excluding carboxylic acids is 4. The van der Waals surface area contributed by atoms with Gasteiger partial charge in [-0.05, 0) is 36.0 Å². The van der Waals surface area contributed by atoms with Crippen molar-refractivity contribution in [2.45, 2.75) is 51.7 Å². The van der Waals surface area contributed by atoms with Crippen LogP contribution in [0.25, 0.3) is 0 Å². The van der Waals surface area contributed by atoms with Crippen LogP contribution in [0, 0.1) is 0 Å². The summed E-state index contributed by atoms with van der Waals surface area (Å²) in [6.45, 7) is 7.97. The van der Waals surface area contributed by atoms with E-state index < -0.39 is 12.0 Å². The highest BCUT2D eigenvalue weighted by atomic mass is 16.6.